The summed E-state index contributed by atoms with van der Waals surface area (Å²) in [6, 6.07) is 18.7. The van der Waals surface area contributed by atoms with Gasteiger partial charge in [-0.05, 0) is 18.1 Å². The number of nitrogens with zero attached hydrogens (tertiary/aromatic N) is 1. The number of hydrogen-bond acceptors (Lipinski definition) is 1. The summed E-state index contributed by atoms with van der Waals surface area (Å²) in [5, 5.41) is 0. The molecule has 0 saturated carbocycles. The van der Waals surface area contributed by atoms with Crippen LogP contribution in [0.15, 0.2) is 59.6 Å². The fourth-order valence-corrected chi connectivity index (χ4v) is 1.49. The van der Waals surface area contributed by atoms with Crippen molar-refractivity contribution in [2.45, 2.75) is 13.5 Å². The third-order valence-electron chi connectivity index (χ3n) is 2.43. The predicted octanol–water partition coefficient (Wildman–Crippen LogP) is 3.50. The smallest absolute Gasteiger partial charge is 0 e. The van der Waals surface area contributed by atoms with Gasteiger partial charge in [-0.2, -0.15) is 0 Å². The van der Waals surface area contributed by atoms with E-state index in [0.29, 0.717) is 0 Å². The van der Waals surface area contributed by atoms with Crippen molar-refractivity contribution in [3.8, 4) is 0 Å². The van der Waals surface area contributed by atoms with E-state index in [1.165, 1.54) is 11.1 Å². The van der Waals surface area contributed by atoms with E-state index in [4.69, 9.17) is 14.0 Å². The Balaban J connectivity index is -0.000000514. The van der Waals surface area contributed by atoms with Crippen molar-refractivity contribution in [2.24, 2.45) is 4.99 Å². The van der Waals surface area contributed by atoms with E-state index in [1.807, 2.05) is 24.4 Å². The van der Waals surface area contributed by atoms with E-state index in [2.05, 4.69) is 68.3 Å². The van der Waals surface area contributed by atoms with E-state index >= 15 is 0 Å². The van der Waals surface area contributed by atoms with Crippen molar-refractivity contribution in [2.75, 3.05) is 0 Å². The van der Waals surface area contributed by atoms with Gasteiger partial charge >= 0.3 is 33.9 Å². The quantitative estimate of drug-likeness (QED) is 0.464. The van der Waals surface area contributed by atoms with Crippen LogP contribution in [0.3, 0.4) is 0 Å². The molecule has 2 aromatic rings. The normalized spacial score (nSPS) is 7.78. The SMILES string of the molecule is Cc1ccc(C=NCc2ccccc2)cc1.[C-]#[O+].[C-]#[O+].[C-]#[O+].[Cr]. The summed E-state index contributed by atoms with van der Waals surface area (Å²) in [5.41, 5.74) is 3.67. The molecule has 23 heavy (non-hydrogen) atoms. The van der Waals surface area contributed by atoms with Gasteiger partial charge in [0.25, 0.3) is 0 Å². The van der Waals surface area contributed by atoms with Gasteiger partial charge in [0, 0.05) is 23.6 Å². The fraction of sp³-hybridized carbons (Fsp3) is 0.111. The van der Waals surface area contributed by atoms with Crippen LogP contribution in [-0.4, -0.2) is 6.21 Å². The van der Waals surface area contributed by atoms with Gasteiger partial charge in [0.15, 0.2) is 0 Å². The summed E-state index contributed by atoms with van der Waals surface area (Å²) in [5.74, 6) is 0. The van der Waals surface area contributed by atoms with Gasteiger partial charge in [0.1, 0.15) is 0 Å². The third-order valence-corrected chi connectivity index (χ3v) is 2.43. The van der Waals surface area contributed by atoms with Crippen molar-refractivity contribution in [3.63, 3.8) is 0 Å². The van der Waals surface area contributed by atoms with E-state index in [0.717, 1.165) is 12.1 Å². The summed E-state index contributed by atoms with van der Waals surface area (Å²) in [6.45, 7) is 16.3. The van der Waals surface area contributed by atoms with Crippen molar-refractivity contribution in [1.29, 1.82) is 0 Å². The number of hydrogen-bond donors (Lipinski definition) is 0. The molecule has 0 heterocycles. The van der Waals surface area contributed by atoms with Crippen LogP contribution in [0.1, 0.15) is 16.7 Å². The van der Waals surface area contributed by atoms with Crippen LogP contribution in [0.2, 0.25) is 0 Å². The zero-order valence-corrected chi connectivity index (χ0v) is 13.8. The minimum atomic E-state index is 0. The first-order chi connectivity index (χ1) is 10.8. The third kappa shape index (κ3) is 13.3. The summed E-state index contributed by atoms with van der Waals surface area (Å²) in [6.07, 6.45) is 1.92. The van der Waals surface area contributed by atoms with Gasteiger partial charge < -0.3 is 0 Å². The minimum absolute atomic E-state index is 0. The Hall–Kier alpha value is -2.14. The molecule has 0 atom stereocenters. The molecule has 0 aliphatic heterocycles. The Kier molecular flexibility index (Phi) is 22.3. The van der Waals surface area contributed by atoms with Gasteiger partial charge in [-0.15, -0.1) is 0 Å². The Morgan fingerprint density at radius 3 is 1.78 bits per heavy atom. The molecular formula is C18H15CrNO3. The number of aliphatic imine (C=N–C) groups is 1. The molecule has 0 radical (unpaired) electrons. The minimum Gasteiger partial charge on any atom is 0 e. The monoisotopic (exact) mass is 345 g/mol. The molecule has 2 aromatic carbocycles. The largest absolute Gasteiger partial charge is 0 e. The molecule has 0 N–H and O–H groups in total. The topological polar surface area (TPSA) is 72.1 Å². The molecule has 5 heteroatoms. The van der Waals surface area contributed by atoms with Crippen molar-refractivity contribution in [1.82, 2.24) is 0 Å². The molecule has 0 aliphatic rings. The second-order valence-corrected chi connectivity index (χ2v) is 3.87. The van der Waals surface area contributed by atoms with Crippen molar-refractivity contribution >= 4 is 6.21 Å². The molecule has 4 nitrogen and oxygen atoms in total. The summed E-state index contributed by atoms with van der Waals surface area (Å²) in [4.78, 5) is 4.42. The molecule has 0 aliphatic carbocycles. The van der Waals surface area contributed by atoms with E-state index in [1.54, 1.807) is 0 Å². The van der Waals surface area contributed by atoms with Gasteiger partial charge in [0.2, 0.25) is 0 Å². The van der Waals surface area contributed by atoms with Crippen LogP contribution in [0.5, 0.6) is 0 Å². The molecular weight excluding hydrogens is 330 g/mol. The Bertz CT molecular complexity index is 573. The Labute approximate surface area is 147 Å². The summed E-state index contributed by atoms with van der Waals surface area (Å²) >= 11 is 0. The zero-order chi connectivity index (χ0) is 17.2. The molecule has 0 saturated heterocycles. The number of benzene rings is 2. The van der Waals surface area contributed by atoms with Crippen molar-refractivity contribution in [3.05, 3.63) is 91.2 Å². The Morgan fingerprint density at radius 2 is 1.30 bits per heavy atom. The molecule has 2 rings (SSSR count). The van der Waals surface area contributed by atoms with Gasteiger partial charge in [-0.25, -0.2) is 0 Å². The average molecular weight is 345 g/mol. The van der Waals surface area contributed by atoms with Gasteiger partial charge in [0.05, 0.1) is 6.54 Å². The van der Waals surface area contributed by atoms with Gasteiger partial charge in [-0.3, -0.25) is 4.99 Å². The van der Waals surface area contributed by atoms with Crippen LogP contribution in [0, 0.1) is 26.9 Å². The molecule has 0 unspecified atom stereocenters. The molecule has 0 spiro atoms. The predicted molar refractivity (Wildman–Crippen MR) is 80.7 cm³/mol. The first-order valence-corrected chi connectivity index (χ1v) is 6.06. The van der Waals surface area contributed by atoms with Crippen molar-refractivity contribution < 1.29 is 31.3 Å². The standard InChI is InChI=1S/C15H15N.3CO.Cr/c1-13-7-9-15(10-8-13)12-16-11-14-5-3-2-4-6-14;3*1-2;/h2-10,12H,11H2,1H3;;;;. The van der Waals surface area contributed by atoms with E-state index < -0.39 is 0 Å². The van der Waals surface area contributed by atoms with E-state index in [-0.39, 0.29) is 17.4 Å². The maximum atomic E-state index is 7.50. The van der Waals surface area contributed by atoms with Crippen LogP contribution in [-0.2, 0) is 37.9 Å². The second-order valence-electron chi connectivity index (χ2n) is 3.87. The maximum Gasteiger partial charge on any atom is 0 e. The fourth-order valence-electron chi connectivity index (χ4n) is 1.49. The van der Waals surface area contributed by atoms with Gasteiger partial charge in [-0.1, -0.05) is 60.2 Å². The first-order valence-electron chi connectivity index (χ1n) is 6.06. The number of aryl methyl sites for hydroxylation is 1. The molecule has 0 bridgehead atoms. The average Bonchev–Trinajstić information content (AvgIpc) is 2.63. The van der Waals surface area contributed by atoms with Crippen LogP contribution in [0.25, 0.3) is 0 Å². The summed E-state index contributed by atoms with van der Waals surface area (Å²) < 4.78 is 22.5. The summed E-state index contributed by atoms with van der Waals surface area (Å²) in [7, 11) is 0. The second kappa shape index (κ2) is 19.9. The Morgan fingerprint density at radius 1 is 0.826 bits per heavy atom. The molecule has 116 valence electrons. The maximum absolute atomic E-state index is 7.50. The van der Waals surface area contributed by atoms with Crippen LogP contribution >= 0.6 is 0 Å². The van der Waals surface area contributed by atoms with Crippen LogP contribution in [0.4, 0.5) is 0 Å². The molecule has 0 aromatic heterocycles. The zero-order valence-electron chi connectivity index (χ0n) is 12.6. The van der Waals surface area contributed by atoms with Crippen LogP contribution < -0.4 is 0 Å². The first kappa shape index (κ1) is 25.8. The molecule has 0 fully saturated rings. The molecule has 0 amide bonds. The number of rotatable bonds is 3. The van der Waals surface area contributed by atoms with E-state index in [9.17, 15) is 0 Å².